The first-order valence-electron chi connectivity index (χ1n) is 15.5. The number of anilines is 2. The molecule has 2 aliphatic rings. The van der Waals surface area contributed by atoms with Crippen LogP contribution in [-0.4, -0.2) is 0 Å². The molecule has 0 aromatic heterocycles. The molecular weight excluding hydrogens is 494 g/mol. The van der Waals surface area contributed by atoms with E-state index in [-0.39, 0.29) is 21.7 Å². The van der Waals surface area contributed by atoms with Crippen molar-refractivity contribution < 1.29 is 0 Å². The summed E-state index contributed by atoms with van der Waals surface area (Å²) in [7, 11) is 0. The molecule has 4 aromatic carbocycles. The fourth-order valence-electron chi connectivity index (χ4n) is 7.46. The van der Waals surface area contributed by atoms with Crippen LogP contribution in [0.5, 0.6) is 0 Å². The van der Waals surface area contributed by atoms with Crippen LogP contribution in [0.15, 0.2) is 84.9 Å². The zero-order valence-electron chi connectivity index (χ0n) is 26.4. The third kappa shape index (κ3) is 4.92. The van der Waals surface area contributed by atoms with Gasteiger partial charge >= 0.3 is 0 Å². The Bertz CT molecular complexity index is 1600. The summed E-state index contributed by atoms with van der Waals surface area (Å²) in [4.78, 5) is 0. The second-order valence-electron chi connectivity index (χ2n) is 15.3. The van der Waals surface area contributed by atoms with Crippen LogP contribution in [0.25, 0.3) is 22.3 Å². The predicted octanol–water partition coefficient (Wildman–Crippen LogP) is 11.5. The molecule has 212 valence electrons. The average Bonchev–Trinajstić information content (AvgIpc) is 2.94. The predicted molar refractivity (Wildman–Crippen MR) is 178 cm³/mol. The van der Waals surface area contributed by atoms with Crippen LogP contribution in [0.3, 0.4) is 0 Å². The standard InChI is InChI=1S/C40H47N/c1-37(2)22-23-39(5,6)34-26-28(18-21-32(34)37)30-12-9-10-15-35(30)41-29-19-16-27(17-20-29)31-13-11-14-33-36(31)40(7,8)25-24-38(33,3)4/h9-21,26,41H,22-25H2,1-8H3. The number of para-hydroxylation sites is 1. The summed E-state index contributed by atoms with van der Waals surface area (Å²) in [5, 5.41) is 3.76. The summed E-state index contributed by atoms with van der Waals surface area (Å²) in [5.41, 5.74) is 14.3. The zero-order chi connectivity index (χ0) is 29.2. The highest BCUT2D eigenvalue weighted by Gasteiger charge is 2.39. The van der Waals surface area contributed by atoms with Crippen LogP contribution < -0.4 is 5.32 Å². The van der Waals surface area contributed by atoms with Crippen LogP contribution in [0.2, 0.25) is 0 Å². The van der Waals surface area contributed by atoms with Crippen LogP contribution in [-0.2, 0) is 21.7 Å². The first-order valence-corrected chi connectivity index (χ1v) is 15.5. The zero-order valence-corrected chi connectivity index (χ0v) is 26.4. The van der Waals surface area contributed by atoms with E-state index in [0.29, 0.717) is 0 Å². The smallest absolute Gasteiger partial charge is 0.0463 e. The highest BCUT2D eigenvalue weighted by Crippen LogP contribution is 2.50. The minimum absolute atomic E-state index is 0.177. The molecule has 6 rings (SSSR count). The molecule has 0 saturated heterocycles. The van der Waals surface area contributed by atoms with Gasteiger partial charge in [-0.15, -0.1) is 0 Å². The van der Waals surface area contributed by atoms with E-state index in [1.165, 1.54) is 70.2 Å². The minimum Gasteiger partial charge on any atom is -0.355 e. The molecule has 1 N–H and O–H groups in total. The van der Waals surface area contributed by atoms with E-state index in [2.05, 4.69) is 146 Å². The topological polar surface area (TPSA) is 12.0 Å². The Balaban J connectivity index is 1.33. The van der Waals surface area contributed by atoms with Gasteiger partial charge in [0.1, 0.15) is 0 Å². The molecule has 0 atom stereocenters. The van der Waals surface area contributed by atoms with Crippen LogP contribution in [0.1, 0.15) is 103 Å². The molecule has 0 spiro atoms. The SMILES string of the molecule is CC1(C)CCC(C)(C)c2cc(-c3ccccc3Nc3ccc(-c4cccc5c4C(C)(C)CCC5(C)C)cc3)ccc21. The molecule has 1 heteroatoms. The summed E-state index contributed by atoms with van der Waals surface area (Å²) in [5.74, 6) is 0. The number of hydrogen-bond donors (Lipinski definition) is 1. The van der Waals surface area contributed by atoms with Crippen LogP contribution in [0.4, 0.5) is 11.4 Å². The number of nitrogens with one attached hydrogen (secondary N) is 1. The lowest BCUT2D eigenvalue weighted by atomic mass is 9.61. The molecular formula is C40H47N. The Hall–Kier alpha value is -3.32. The number of fused-ring (bicyclic) bond motifs is 2. The molecule has 0 radical (unpaired) electrons. The minimum atomic E-state index is 0.177. The Labute approximate surface area is 248 Å². The second-order valence-corrected chi connectivity index (χ2v) is 15.3. The van der Waals surface area contributed by atoms with Gasteiger partial charge in [-0.25, -0.2) is 0 Å². The van der Waals surface area contributed by atoms with Gasteiger partial charge in [0, 0.05) is 16.9 Å². The molecule has 4 aromatic rings. The van der Waals surface area contributed by atoms with E-state index in [0.717, 1.165) is 11.4 Å². The lowest BCUT2D eigenvalue weighted by Crippen LogP contribution is -2.34. The molecule has 0 heterocycles. The third-order valence-electron chi connectivity index (χ3n) is 10.4. The highest BCUT2D eigenvalue weighted by molar-refractivity contribution is 5.82. The summed E-state index contributed by atoms with van der Waals surface area (Å²) < 4.78 is 0. The summed E-state index contributed by atoms with van der Waals surface area (Å²) in [6, 6.07) is 31.9. The van der Waals surface area contributed by atoms with Gasteiger partial charge in [-0.2, -0.15) is 0 Å². The van der Waals surface area contributed by atoms with Gasteiger partial charge in [0.05, 0.1) is 0 Å². The van der Waals surface area contributed by atoms with Gasteiger partial charge in [-0.1, -0.05) is 122 Å². The molecule has 0 bridgehead atoms. The summed E-state index contributed by atoms with van der Waals surface area (Å²) >= 11 is 0. The molecule has 0 saturated carbocycles. The van der Waals surface area contributed by atoms with Crippen LogP contribution >= 0.6 is 0 Å². The summed E-state index contributed by atoms with van der Waals surface area (Å²) in [6.07, 6.45) is 4.92. The van der Waals surface area contributed by atoms with Crippen molar-refractivity contribution in [2.75, 3.05) is 5.32 Å². The molecule has 2 aliphatic carbocycles. The quantitative estimate of drug-likeness (QED) is 0.271. The van der Waals surface area contributed by atoms with Crippen molar-refractivity contribution in [3.63, 3.8) is 0 Å². The highest BCUT2D eigenvalue weighted by atomic mass is 14.9. The fraction of sp³-hybridized carbons (Fsp3) is 0.400. The van der Waals surface area contributed by atoms with Gasteiger partial charge in [-0.3, -0.25) is 0 Å². The van der Waals surface area contributed by atoms with Crippen molar-refractivity contribution in [1.29, 1.82) is 0 Å². The van der Waals surface area contributed by atoms with E-state index in [1.54, 1.807) is 0 Å². The molecule has 0 aliphatic heterocycles. The second kappa shape index (κ2) is 9.62. The van der Waals surface area contributed by atoms with E-state index in [9.17, 15) is 0 Å². The summed E-state index contributed by atoms with van der Waals surface area (Å²) in [6.45, 7) is 19.2. The lowest BCUT2D eigenvalue weighted by Gasteiger charge is -2.43. The number of benzene rings is 4. The maximum atomic E-state index is 3.76. The molecule has 0 amide bonds. The number of hydrogen-bond acceptors (Lipinski definition) is 1. The monoisotopic (exact) mass is 541 g/mol. The van der Waals surface area contributed by atoms with Crippen molar-refractivity contribution >= 4 is 11.4 Å². The van der Waals surface area contributed by atoms with E-state index in [1.807, 2.05) is 0 Å². The molecule has 1 nitrogen and oxygen atoms in total. The van der Waals surface area contributed by atoms with E-state index in [4.69, 9.17) is 0 Å². The lowest BCUT2D eigenvalue weighted by molar-refractivity contribution is 0.332. The van der Waals surface area contributed by atoms with Crippen molar-refractivity contribution in [2.24, 2.45) is 0 Å². The van der Waals surface area contributed by atoms with Crippen molar-refractivity contribution in [2.45, 2.75) is 103 Å². The number of rotatable bonds is 4. The molecule has 0 fully saturated rings. The largest absolute Gasteiger partial charge is 0.355 e. The van der Waals surface area contributed by atoms with Crippen molar-refractivity contribution in [3.05, 3.63) is 107 Å². The Morgan fingerprint density at radius 3 is 1.73 bits per heavy atom. The van der Waals surface area contributed by atoms with Crippen molar-refractivity contribution in [1.82, 2.24) is 0 Å². The van der Waals surface area contributed by atoms with Gasteiger partial charge < -0.3 is 5.32 Å². The van der Waals surface area contributed by atoms with E-state index < -0.39 is 0 Å². The van der Waals surface area contributed by atoms with Gasteiger partial charge in [0.15, 0.2) is 0 Å². The third-order valence-corrected chi connectivity index (χ3v) is 10.4. The van der Waals surface area contributed by atoms with E-state index >= 15 is 0 Å². The van der Waals surface area contributed by atoms with Gasteiger partial charge in [0.2, 0.25) is 0 Å². The Kier molecular flexibility index (Phi) is 6.53. The Morgan fingerprint density at radius 2 is 1.02 bits per heavy atom. The fourth-order valence-corrected chi connectivity index (χ4v) is 7.46. The molecule has 41 heavy (non-hydrogen) atoms. The van der Waals surface area contributed by atoms with Crippen molar-refractivity contribution in [3.8, 4) is 22.3 Å². The Morgan fingerprint density at radius 1 is 0.463 bits per heavy atom. The van der Waals surface area contributed by atoms with Crippen LogP contribution in [0, 0.1) is 0 Å². The molecule has 0 unspecified atom stereocenters. The van der Waals surface area contributed by atoms with Gasteiger partial charge in [0.25, 0.3) is 0 Å². The maximum absolute atomic E-state index is 3.76. The van der Waals surface area contributed by atoms with Gasteiger partial charge in [-0.05, 0) is 104 Å². The average molecular weight is 542 g/mol. The maximum Gasteiger partial charge on any atom is 0.0463 e. The first-order chi connectivity index (χ1) is 19.3. The first kappa shape index (κ1) is 27.8. The normalized spacial score (nSPS) is 19.6.